The number of rotatable bonds is 0. The van der Waals surface area contributed by atoms with Crippen LogP contribution in [0.15, 0.2) is 0 Å². The van der Waals surface area contributed by atoms with Gasteiger partial charge in [0.05, 0.1) is 31.3 Å². The first-order valence-electron chi connectivity index (χ1n) is 12.3. The van der Waals surface area contributed by atoms with E-state index < -0.39 is 0 Å². The molecule has 7 rings (SSSR count). The quantitative estimate of drug-likeness (QED) is 0.593. The summed E-state index contributed by atoms with van der Waals surface area (Å²) in [5, 5.41) is 12.4. The smallest absolute Gasteiger partial charge is 0.168 e. The van der Waals surface area contributed by atoms with E-state index in [1.54, 1.807) is 0 Å². The van der Waals surface area contributed by atoms with Crippen molar-refractivity contribution in [2.75, 3.05) is 26.0 Å². The van der Waals surface area contributed by atoms with Crippen molar-refractivity contribution in [3.63, 3.8) is 0 Å². The second kappa shape index (κ2) is 5.79. The van der Waals surface area contributed by atoms with Gasteiger partial charge in [0.25, 0.3) is 0 Å². The number of hydrogen-bond donors (Lipinski definition) is 1. The van der Waals surface area contributed by atoms with E-state index >= 15 is 0 Å². The van der Waals surface area contributed by atoms with E-state index in [1.165, 1.54) is 31.8 Å². The molecule has 0 aromatic carbocycles. The maximum Gasteiger partial charge on any atom is 0.168 e. The highest BCUT2D eigenvalue weighted by molar-refractivity contribution is 7.63. The molecule has 29 heavy (non-hydrogen) atoms. The number of aliphatic hydroxyl groups is 1. The van der Waals surface area contributed by atoms with Crippen LogP contribution in [0.5, 0.6) is 0 Å². The van der Waals surface area contributed by atoms with Crippen molar-refractivity contribution in [2.45, 2.75) is 87.6 Å². The first-order chi connectivity index (χ1) is 13.9. The summed E-state index contributed by atoms with van der Waals surface area (Å²) in [4.78, 5) is 0. The summed E-state index contributed by atoms with van der Waals surface area (Å²) in [7, 11) is -0.0758. The molecule has 5 heteroatoms. The van der Waals surface area contributed by atoms with Crippen LogP contribution >= 0.6 is 7.92 Å². The second-order valence-electron chi connectivity index (χ2n) is 11.8. The second-order valence-corrected chi connectivity index (χ2v) is 14.9. The van der Waals surface area contributed by atoms with E-state index in [4.69, 9.17) is 14.2 Å². The third kappa shape index (κ3) is 2.06. The lowest BCUT2D eigenvalue weighted by Crippen LogP contribution is -2.68. The Bertz CT molecular complexity index is 714. The molecule has 162 valence electrons. The predicted molar refractivity (Wildman–Crippen MR) is 112 cm³/mol. The van der Waals surface area contributed by atoms with Gasteiger partial charge in [-0.1, -0.05) is 14.8 Å². The summed E-state index contributed by atoms with van der Waals surface area (Å²) in [6.07, 6.45) is 10.9. The van der Waals surface area contributed by atoms with Crippen LogP contribution < -0.4 is 0 Å². The zero-order valence-electron chi connectivity index (χ0n) is 18.1. The molecule has 4 saturated carbocycles. The molecule has 10 atom stereocenters. The Kier molecular flexibility index (Phi) is 3.75. The molecule has 4 aliphatic carbocycles. The van der Waals surface area contributed by atoms with Crippen LogP contribution in [0.4, 0.5) is 0 Å². The third-order valence-electron chi connectivity index (χ3n) is 11.3. The minimum absolute atomic E-state index is 0.0758. The standard InChI is InChI=1S/C24H37O4P/c1-21-7-8-23(27-9-10-28-23)13-15(21)3-4-16-17-5-6-19-22(2)26-11-12-29(22)24(17,19)14-18(25)20(16)21/h15-20,25H,3-14H2,1-2H3/t15?,16?,17?,18?,19?,20?,21-,22?,24?,29?/m0/s1. The number of ether oxygens (including phenoxy) is 3. The lowest BCUT2D eigenvalue weighted by atomic mass is 9.45. The molecular formula is C24H37O4P. The number of aliphatic hydroxyl groups excluding tert-OH is 1. The van der Waals surface area contributed by atoms with Gasteiger partial charge in [-0.2, -0.15) is 0 Å². The van der Waals surface area contributed by atoms with Crippen LogP contribution in [0.1, 0.15) is 65.2 Å². The largest absolute Gasteiger partial charge is 0.393 e. The topological polar surface area (TPSA) is 47.9 Å². The summed E-state index contributed by atoms with van der Waals surface area (Å²) >= 11 is 0. The first-order valence-corrected chi connectivity index (χ1v) is 13.8. The highest BCUT2D eigenvalue weighted by Gasteiger charge is 2.78. The Hall–Kier alpha value is 0.270. The van der Waals surface area contributed by atoms with Crippen molar-refractivity contribution in [1.29, 1.82) is 0 Å². The molecule has 0 radical (unpaired) electrons. The highest BCUT2D eigenvalue weighted by Crippen LogP contribution is 2.88. The van der Waals surface area contributed by atoms with Crippen molar-refractivity contribution in [2.24, 2.45) is 35.0 Å². The Morgan fingerprint density at radius 2 is 1.72 bits per heavy atom. The number of fused-ring (bicyclic) bond motifs is 6. The zero-order valence-corrected chi connectivity index (χ0v) is 19.0. The summed E-state index contributed by atoms with van der Waals surface area (Å²) in [5.74, 6) is 3.15. The maximum atomic E-state index is 11.7. The summed E-state index contributed by atoms with van der Waals surface area (Å²) in [5.41, 5.74) is 0.259. The van der Waals surface area contributed by atoms with Gasteiger partial charge in [-0.25, -0.2) is 0 Å². The molecule has 0 amide bonds. The summed E-state index contributed by atoms with van der Waals surface area (Å²) in [6, 6.07) is 0. The number of hydrogen-bond acceptors (Lipinski definition) is 4. The average molecular weight is 421 g/mol. The van der Waals surface area contributed by atoms with Gasteiger partial charge in [-0.3, -0.25) is 0 Å². The molecule has 7 fully saturated rings. The van der Waals surface area contributed by atoms with Gasteiger partial charge < -0.3 is 19.3 Å². The van der Waals surface area contributed by atoms with Gasteiger partial charge in [-0.15, -0.1) is 0 Å². The molecule has 0 aromatic rings. The monoisotopic (exact) mass is 420 g/mol. The molecule has 9 unspecified atom stereocenters. The minimum Gasteiger partial charge on any atom is -0.393 e. The average Bonchev–Trinajstić information content (AvgIpc) is 3.38. The predicted octanol–water partition coefficient (Wildman–Crippen LogP) is 4.33. The Morgan fingerprint density at radius 3 is 2.55 bits per heavy atom. The van der Waals surface area contributed by atoms with Crippen molar-refractivity contribution >= 4 is 7.92 Å². The van der Waals surface area contributed by atoms with E-state index in [9.17, 15) is 5.11 Å². The van der Waals surface area contributed by atoms with E-state index in [0.717, 1.165) is 63.3 Å². The molecule has 7 aliphatic rings. The third-order valence-corrected chi connectivity index (χ3v) is 15.3. The summed E-state index contributed by atoms with van der Waals surface area (Å²) in [6.45, 7) is 7.43. The Morgan fingerprint density at radius 1 is 0.897 bits per heavy atom. The lowest BCUT2D eigenvalue weighted by molar-refractivity contribution is -0.237. The van der Waals surface area contributed by atoms with Gasteiger partial charge in [-0.05, 0) is 80.7 Å². The zero-order chi connectivity index (χ0) is 19.6. The first kappa shape index (κ1) is 18.8. The molecule has 2 spiro atoms. The fourth-order valence-corrected chi connectivity index (χ4v) is 15.0. The van der Waals surface area contributed by atoms with Crippen molar-refractivity contribution in [3.05, 3.63) is 0 Å². The Balaban J connectivity index is 1.22. The van der Waals surface area contributed by atoms with Crippen LogP contribution in [0.3, 0.4) is 0 Å². The van der Waals surface area contributed by atoms with Gasteiger partial charge >= 0.3 is 0 Å². The summed E-state index contributed by atoms with van der Waals surface area (Å²) < 4.78 is 18.6. The molecule has 3 heterocycles. The van der Waals surface area contributed by atoms with Crippen LogP contribution in [-0.2, 0) is 14.2 Å². The molecule has 0 aromatic heterocycles. The fourth-order valence-electron chi connectivity index (χ4n) is 10.4. The van der Waals surface area contributed by atoms with Gasteiger partial charge in [0.2, 0.25) is 0 Å². The molecule has 1 N–H and O–H groups in total. The van der Waals surface area contributed by atoms with Crippen LogP contribution in [0, 0.1) is 35.0 Å². The molecule has 0 bridgehead atoms. The SMILES string of the molecule is CC12OCCP1C13CC(O)C4C(CCC5CC6(CC[C@@]54C)OCCO6)C1CCC23. The molecular weight excluding hydrogens is 383 g/mol. The maximum absolute atomic E-state index is 11.7. The molecule has 4 nitrogen and oxygen atoms in total. The minimum atomic E-state index is -0.295. The van der Waals surface area contributed by atoms with Crippen LogP contribution in [-0.4, -0.2) is 53.5 Å². The van der Waals surface area contributed by atoms with Crippen LogP contribution in [0.25, 0.3) is 0 Å². The van der Waals surface area contributed by atoms with Crippen molar-refractivity contribution in [1.82, 2.24) is 0 Å². The van der Waals surface area contributed by atoms with E-state index in [1.807, 2.05) is 0 Å². The Labute approximate surface area is 176 Å². The molecule has 3 aliphatic heterocycles. The van der Waals surface area contributed by atoms with Crippen molar-refractivity contribution in [3.8, 4) is 0 Å². The van der Waals surface area contributed by atoms with Crippen molar-refractivity contribution < 1.29 is 19.3 Å². The lowest BCUT2D eigenvalue weighted by Gasteiger charge is -2.70. The normalized spacial score (nSPS) is 62.0. The van der Waals surface area contributed by atoms with E-state index in [0.29, 0.717) is 17.0 Å². The van der Waals surface area contributed by atoms with Gasteiger partial charge in [0, 0.05) is 23.9 Å². The molecule has 3 saturated heterocycles. The fraction of sp³-hybridized carbons (Fsp3) is 1.00. The van der Waals surface area contributed by atoms with Gasteiger partial charge in [0.15, 0.2) is 5.79 Å². The van der Waals surface area contributed by atoms with Crippen LogP contribution in [0.2, 0.25) is 0 Å². The highest BCUT2D eigenvalue weighted by atomic mass is 31.1. The van der Waals surface area contributed by atoms with Gasteiger partial charge in [0.1, 0.15) is 0 Å². The van der Waals surface area contributed by atoms with E-state index in [2.05, 4.69) is 13.8 Å². The van der Waals surface area contributed by atoms with E-state index in [-0.39, 0.29) is 30.6 Å².